The molecule has 5 nitrogen and oxygen atoms in total. The maximum absolute atomic E-state index is 12.2. The molecule has 0 radical (unpaired) electrons. The number of nitrogens with one attached hydrogen (secondary N) is 1. The lowest BCUT2D eigenvalue weighted by Crippen LogP contribution is -2.27. The Kier molecular flexibility index (Phi) is 2.72. The Hall–Kier alpha value is -2.69. The van der Waals surface area contributed by atoms with Crippen LogP contribution in [0.1, 0.15) is 6.42 Å². The number of hydrogen-bond acceptors (Lipinski definition) is 3. The lowest BCUT2D eigenvalue weighted by Gasteiger charge is -2.20. The molecule has 0 atom stereocenters. The summed E-state index contributed by atoms with van der Waals surface area (Å²) in [6, 6.07) is 12.5. The summed E-state index contributed by atoms with van der Waals surface area (Å²) in [7, 11) is 0. The number of amides is 2. The molecular weight excluding hydrogens is 242 g/mol. The molecule has 0 spiro atoms. The van der Waals surface area contributed by atoms with E-state index in [1.54, 1.807) is 36.5 Å². The minimum Gasteiger partial charge on any atom is -0.324 e. The van der Waals surface area contributed by atoms with Gasteiger partial charge in [0.15, 0.2) is 0 Å². The first-order valence-corrected chi connectivity index (χ1v) is 5.88. The molecule has 1 aliphatic heterocycles. The third kappa shape index (κ3) is 2.06. The van der Waals surface area contributed by atoms with E-state index in [4.69, 9.17) is 0 Å². The fourth-order valence-electron chi connectivity index (χ4n) is 2.06. The van der Waals surface area contributed by atoms with Gasteiger partial charge in [0, 0.05) is 6.20 Å². The Bertz CT molecular complexity index is 640. The smallest absolute Gasteiger partial charge is 0.242 e. The molecule has 0 unspecified atom stereocenters. The average Bonchev–Trinajstić information content (AvgIpc) is 2.54. The van der Waals surface area contributed by atoms with Crippen LogP contribution in [0.4, 0.5) is 17.2 Å². The zero-order chi connectivity index (χ0) is 13.2. The van der Waals surface area contributed by atoms with Crippen LogP contribution in [0.15, 0.2) is 48.7 Å². The molecule has 94 valence electrons. The van der Waals surface area contributed by atoms with Crippen LogP contribution < -0.4 is 10.2 Å². The molecule has 2 amide bonds. The summed E-state index contributed by atoms with van der Waals surface area (Å²) in [5.74, 6) is -0.0894. The van der Waals surface area contributed by atoms with Crippen molar-refractivity contribution in [2.24, 2.45) is 0 Å². The second-order valence-corrected chi connectivity index (χ2v) is 4.16. The van der Waals surface area contributed by atoms with E-state index >= 15 is 0 Å². The van der Waals surface area contributed by atoms with Crippen LogP contribution in [-0.2, 0) is 9.59 Å². The Morgan fingerprint density at radius 2 is 1.84 bits per heavy atom. The number of carbonyl (C=O) groups is 2. The van der Waals surface area contributed by atoms with E-state index in [1.807, 2.05) is 12.1 Å². The van der Waals surface area contributed by atoms with Crippen molar-refractivity contribution in [3.05, 3.63) is 48.7 Å². The van der Waals surface area contributed by atoms with Crippen LogP contribution in [0.2, 0.25) is 0 Å². The van der Waals surface area contributed by atoms with Crippen molar-refractivity contribution in [2.75, 3.05) is 10.2 Å². The highest BCUT2D eigenvalue weighted by Gasteiger charge is 2.27. The zero-order valence-corrected chi connectivity index (χ0v) is 10.0. The number of pyridine rings is 1. The highest BCUT2D eigenvalue weighted by Crippen LogP contribution is 2.33. The van der Waals surface area contributed by atoms with Gasteiger partial charge in [-0.15, -0.1) is 0 Å². The molecule has 5 heteroatoms. The molecule has 1 aliphatic rings. The number of fused-ring (bicyclic) bond motifs is 1. The summed E-state index contributed by atoms with van der Waals surface area (Å²) >= 11 is 0. The predicted octanol–water partition coefficient (Wildman–Crippen LogP) is 2.09. The fourth-order valence-corrected chi connectivity index (χ4v) is 2.06. The molecule has 2 heterocycles. The van der Waals surface area contributed by atoms with Gasteiger partial charge in [0.05, 0.1) is 11.4 Å². The fraction of sp³-hybridized carbons (Fsp3) is 0.0714. The lowest BCUT2D eigenvalue weighted by molar-refractivity contribution is -0.124. The molecule has 0 fully saturated rings. The molecule has 3 rings (SSSR count). The Labute approximate surface area is 109 Å². The molecule has 0 bridgehead atoms. The molecule has 0 saturated carbocycles. The van der Waals surface area contributed by atoms with Gasteiger partial charge in [-0.3, -0.25) is 14.5 Å². The Morgan fingerprint density at radius 1 is 1.05 bits per heavy atom. The normalized spacial score (nSPS) is 14.6. The van der Waals surface area contributed by atoms with Crippen LogP contribution in [0.5, 0.6) is 0 Å². The topological polar surface area (TPSA) is 62.3 Å². The second kappa shape index (κ2) is 4.53. The molecule has 19 heavy (non-hydrogen) atoms. The Morgan fingerprint density at radius 3 is 2.63 bits per heavy atom. The van der Waals surface area contributed by atoms with Gasteiger partial charge in [-0.2, -0.15) is 0 Å². The number of para-hydroxylation sites is 2. The van der Waals surface area contributed by atoms with Crippen molar-refractivity contribution in [2.45, 2.75) is 6.42 Å². The third-order valence-corrected chi connectivity index (χ3v) is 2.86. The van der Waals surface area contributed by atoms with Crippen LogP contribution in [0.3, 0.4) is 0 Å². The molecule has 1 aromatic heterocycles. The first kappa shape index (κ1) is 11.4. The average molecular weight is 253 g/mol. The van der Waals surface area contributed by atoms with E-state index in [-0.39, 0.29) is 18.2 Å². The number of benzene rings is 1. The van der Waals surface area contributed by atoms with Crippen molar-refractivity contribution in [1.29, 1.82) is 0 Å². The van der Waals surface area contributed by atoms with Crippen molar-refractivity contribution in [3.63, 3.8) is 0 Å². The largest absolute Gasteiger partial charge is 0.324 e. The minimum atomic E-state index is -0.309. The first-order valence-electron chi connectivity index (χ1n) is 5.88. The summed E-state index contributed by atoms with van der Waals surface area (Å²) in [6.07, 6.45) is 1.43. The molecule has 1 N–H and O–H groups in total. The van der Waals surface area contributed by atoms with Gasteiger partial charge in [-0.1, -0.05) is 18.2 Å². The highest BCUT2D eigenvalue weighted by molar-refractivity contribution is 6.16. The van der Waals surface area contributed by atoms with Crippen LogP contribution in [0.25, 0.3) is 0 Å². The molecule has 0 aliphatic carbocycles. The van der Waals surface area contributed by atoms with Gasteiger partial charge in [-0.25, -0.2) is 4.98 Å². The predicted molar refractivity (Wildman–Crippen MR) is 71.1 cm³/mol. The van der Waals surface area contributed by atoms with E-state index in [1.165, 1.54) is 4.90 Å². The summed E-state index contributed by atoms with van der Waals surface area (Å²) < 4.78 is 0. The van der Waals surface area contributed by atoms with Crippen LogP contribution in [0, 0.1) is 0 Å². The minimum absolute atomic E-state index is 0.189. The third-order valence-electron chi connectivity index (χ3n) is 2.86. The maximum Gasteiger partial charge on any atom is 0.242 e. The summed E-state index contributed by atoms with van der Waals surface area (Å²) in [4.78, 5) is 29.5. The van der Waals surface area contributed by atoms with E-state index in [9.17, 15) is 9.59 Å². The highest BCUT2D eigenvalue weighted by atomic mass is 16.2. The monoisotopic (exact) mass is 253 g/mol. The molecule has 0 saturated heterocycles. The van der Waals surface area contributed by atoms with Gasteiger partial charge in [0.1, 0.15) is 12.2 Å². The van der Waals surface area contributed by atoms with E-state index in [0.29, 0.717) is 17.2 Å². The Balaban J connectivity index is 2.17. The van der Waals surface area contributed by atoms with E-state index in [0.717, 1.165) is 0 Å². The number of carbonyl (C=O) groups excluding carboxylic acids is 2. The van der Waals surface area contributed by atoms with E-state index in [2.05, 4.69) is 10.3 Å². The maximum atomic E-state index is 12.2. The van der Waals surface area contributed by atoms with Crippen molar-refractivity contribution in [3.8, 4) is 0 Å². The van der Waals surface area contributed by atoms with Gasteiger partial charge in [0.2, 0.25) is 11.8 Å². The number of anilines is 3. The van der Waals surface area contributed by atoms with Crippen molar-refractivity contribution < 1.29 is 9.59 Å². The quantitative estimate of drug-likeness (QED) is 0.791. The number of nitrogens with zero attached hydrogens (tertiary/aromatic N) is 2. The standard InChI is InChI=1S/C14H11N3O2/c18-13-9-14(19)17(12-7-3-4-8-15-12)11-6-2-1-5-10(11)16-13/h1-8H,9H2,(H,16,18). The van der Waals surface area contributed by atoms with Crippen LogP contribution >= 0.6 is 0 Å². The van der Waals surface area contributed by atoms with Crippen LogP contribution in [-0.4, -0.2) is 16.8 Å². The van der Waals surface area contributed by atoms with Gasteiger partial charge >= 0.3 is 0 Å². The number of hydrogen-bond donors (Lipinski definition) is 1. The summed E-state index contributed by atoms with van der Waals surface area (Å²) in [5.41, 5.74) is 1.25. The molecule has 2 aromatic rings. The van der Waals surface area contributed by atoms with Crippen molar-refractivity contribution >= 4 is 29.0 Å². The second-order valence-electron chi connectivity index (χ2n) is 4.16. The lowest BCUT2D eigenvalue weighted by atomic mass is 10.2. The first-order chi connectivity index (χ1) is 9.25. The summed E-state index contributed by atoms with van der Waals surface area (Å²) in [6.45, 7) is 0. The zero-order valence-electron chi connectivity index (χ0n) is 10.0. The molecular formula is C14H11N3O2. The van der Waals surface area contributed by atoms with E-state index < -0.39 is 0 Å². The SMILES string of the molecule is O=C1CC(=O)N(c2ccccn2)c2ccccc2N1. The molecule has 1 aromatic carbocycles. The number of rotatable bonds is 1. The van der Waals surface area contributed by atoms with Gasteiger partial charge in [0.25, 0.3) is 0 Å². The summed E-state index contributed by atoms with van der Waals surface area (Å²) in [5, 5.41) is 2.72. The van der Waals surface area contributed by atoms with Gasteiger partial charge in [-0.05, 0) is 24.3 Å². The van der Waals surface area contributed by atoms with Crippen molar-refractivity contribution in [1.82, 2.24) is 4.98 Å². The number of aromatic nitrogens is 1. The van der Waals surface area contributed by atoms with Gasteiger partial charge < -0.3 is 5.32 Å².